The van der Waals surface area contributed by atoms with Gasteiger partial charge in [0, 0.05) is 16.6 Å². The zero-order valence-electron chi connectivity index (χ0n) is 17.2. The molecule has 1 saturated carbocycles. The third kappa shape index (κ3) is 5.20. The third-order valence-electron chi connectivity index (χ3n) is 5.60. The van der Waals surface area contributed by atoms with Crippen LogP contribution in [-0.2, 0) is 16.0 Å². The predicted molar refractivity (Wildman–Crippen MR) is 121 cm³/mol. The van der Waals surface area contributed by atoms with Gasteiger partial charge in [0.1, 0.15) is 11.9 Å². The highest BCUT2D eigenvalue weighted by molar-refractivity contribution is 7.10. The van der Waals surface area contributed by atoms with Crippen LogP contribution < -0.4 is 10.2 Å². The normalized spacial score (nSPS) is 14.9. The summed E-state index contributed by atoms with van der Waals surface area (Å²) in [6, 6.07) is 18.1. The average molecular weight is 437 g/mol. The van der Waals surface area contributed by atoms with Gasteiger partial charge < -0.3 is 5.32 Å². The van der Waals surface area contributed by atoms with E-state index in [1.165, 1.54) is 23.5 Å². The summed E-state index contributed by atoms with van der Waals surface area (Å²) in [6.45, 7) is 0. The molecule has 1 aliphatic rings. The van der Waals surface area contributed by atoms with Crippen LogP contribution in [-0.4, -0.2) is 17.9 Å². The minimum atomic E-state index is -0.879. The lowest BCUT2D eigenvalue weighted by Gasteiger charge is -2.32. The number of amides is 2. The molecule has 0 unspecified atom stereocenters. The van der Waals surface area contributed by atoms with Gasteiger partial charge in [-0.05, 0) is 54.1 Å². The van der Waals surface area contributed by atoms with Crippen LogP contribution in [0.4, 0.5) is 10.1 Å². The maximum atomic E-state index is 13.6. The number of anilines is 1. The van der Waals surface area contributed by atoms with Crippen LogP contribution in [0.2, 0.25) is 0 Å². The molecular weight excluding hydrogens is 411 g/mol. The van der Waals surface area contributed by atoms with Crippen molar-refractivity contribution >= 4 is 28.8 Å². The summed E-state index contributed by atoms with van der Waals surface area (Å²) in [7, 11) is 0. The first-order valence-electron chi connectivity index (χ1n) is 10.6. The van der Waals surface area contributed by atoms with E-state index in [0.717, 1.165) is 30.6 Å². The molecule has 3 aromatic rings. The van der Waals surface area contributed by atoms with Gasteiger partial charge in [-0.3, -0.25) is 14.5 Å². The van der Waals surface area contributed by atoms with Crippen molar-refractivity contribution in [2.24, 2.45) is 0 Å². The summed E-state index contributed by atoms with van der Waals surface area (Å²) in [5, 5.41) is 5.06. The largest absolute Gasteiger partial charge is 0.351 e. The molecule has 0 spiro atoms. The number of hydrogen-bond acceptors (Lipinski definition) is 3. The zero-order valence-corrected chi connectivity index (χ0v) is 18.0. The molecule has 1 N–H and O–H groups in total. The quantitative estimate of drug-likeness (QED) is 0.549. The molecule has 0 bridgehead atoms. The molecule has 6 heteroatoms. The molecule has 4 rings (SSSR count). The highest BCUT2D eigenvalue weighted by Gasteiger charge is 2.34. The first-order valence-corrected chi connectivity index (χ1v) is 11.4. The Morgan fingerprint density at radius 2 is 1.71 bits per heavy atom. The molecule has 1 atom stereocenters. The Labute approximate surface area is 185 Å². The Hall–Kier alpha value is -2.99. The molecule has 0 saturated heterocycles. The second-order valence-electron chi connectivity index (χ2n) is 7.80. The molecule has 4 nitrogen and oxygen atoms in total. The summed E-state index contributed by atoms with van der Waals surface area (Å²) in [4.78, 5) is 29.5. The Morgan fingerprint density at radius 1 is 1.00 bits per heavy atom. The van der Waals surface area contributed by atoms with Gasteiger partial charge in [-0.1, -0.05) is 49.2 Å². The zero-order chi connectivity index (χ0) is 21.6. The second-order valence-corrected chi connectivity index (χ2v) is 8.83. The SMILES string of the molecule is O=C(NC1CCCC1)[C@H](c1ccc(F)cc1)N(C(=O)Cc1cccs1)c1ccccc1. The summed E-state index contributed by atoms with van der Waals surface area (Å²) < 4.78 is 13.6. The number of thiophene rings is 1. The van der Waals surface area contributed by atoms with E-state index >= 15 is 0 Å². The number of nitrogens with zero attached hydrogens (tertiary/aromatic N) is 1. The fourth-order valence-electron chi connectivity index (χ4n) is 4.09. The Balaban J connectivity index is 1.73. The first kappa shape index (κ1) is 21.2. The van der Waals surface area contributed by atoms with E-state index in [2.05, 4.69) is 5.32 Å². The summed E-state index contributed by atoms with van der Waals surface area (Å²) in [5.74, 6) is -0.790. The van der Waals surface area contributed by atoms with Crippen LogP contribution in [0.5, 0.6) is 0 Å². The van der Waals surface area contributed by atoms with Crippen LogP contribution in [0.15, 0.2) is 72.1 Å². The molecule has 0 aliphatic heterocycles. The van der Waals surface area contributed by atoms with E-state index in [-0.39, 0.29) is 30.1 Å². The molecule has 1 fully saturated rings. The number of nitrogens with one attached hydrogen (secondary N) is 1. The van der Waals surface area contributed by atoms with Gasteiger partial charge in [0.2, 0.25) is 11.8 Å². The van der Waals surface area contributed by atoms with Crippen molar-refractivity contribution in [3.8, 4) is 0 Å². The average Bonchev–Trinajstić information content (AvgIpc) is 3.47. The maximum Gasteiger partial charge on any atom is 0.248 e. The smallest absolute Gasteiger partial charge is 0.248 e. The van der Waals surface area contributed by atoms with Gasteiger partial charge in [-0.2, -0.15) is 0 Å². The lowest BCUT2D eigenvalue weighted by atomic mass is 10.0. The molecule has 1 heterocycles. The van der Waals surface area contributed by atoms with E-state index in [9.17, 15) is 14.0 Å². The van der Waals surface area contributed by atoms with Crippen LogP contribution >= 0.6 is 11.3 Å². The number of para-hydroxylation sites is 1. The van der Waals surface area contributed by atoms with Crippen LogP contribution in [0, 0.1) is 5.82 Å². The predicted octanol–water partition coefficient (Wildman–Crippen LogP) is 5.26. The fraction of sp³-hybridized carbons (Fsp3) is 0.280. The second kappa shape index (κ2) is 9.88. The van der Waals surface area contributed by atoms with Crippen molar-refractivity contribution in [1.29, 1.82) is 0 Å². The van der Waals surface area contributed by atoms with Crippen molar-refractivity contribution in [3.63, 3.8) is 0 Å². The van der Waals surface area contributed by atoms with E-state index in [1.807, 2.05) is 47.8 Å². The minimum Gasteiger partial charge on any atom is -0.351 e. The Morgan fingerprint density at radius 3 is 2.35 bits per heavy atom. The lowest BCUT2D eigenvalue weighted by Crippen LogP contribution is -2.46. The van der Waals surface area contributed by atoms with Crippen LogP contribution in [0.25, 0.3) is 0 Å². The van der Waals surface area contributed by atoms with E-state index in [1.54, 1.807) is 17.0 Å². The van der Waals surface area contributed by atoms with Gasteiger partial charge in [0.05, 0.1) is 6.42 Å². The standard InChI is InChI=1S/C25H25FN2O2S/c26-19-14-12-18(13-15-19)24(25(30)27-20-7-4-5-8-20)28(21-9-2-1-3-10-21)23(29)17-22-11-6-16-31-22/h1-3,6,9-16,20,24H,4-5,7-8,17H2,(H,27,30)/t24-/m0/s1. The van der Waals surface area contributed by atoms with Gasteiger partial charge in [-0.25, -0.2) is 4.39 Å². The van der Waals surface area contributed by atoms with E-state index in [4.69, 9.17) is 0 Å². The third-order valence-corrected chi connectivity index (χ3v) is 6.48. The Kier molecular flexibility index (Phi) is 6.77. The molecule has 160 valence electrons. The Bertz CT molecular complexity index is 1000. The van der Waals surface area contributed by atoms with Crippen molar-refractivity contribution in [2.45, 2.75) is 44.2 Å². The van der Waals surface area contributed by atoms with Crippen molar-refractivity contribution < 1.29 is 14.0 Å². The number of benzene rings is 2. The fourth-order valence-corrected chi connectivity index (χ4v) is 4.78. The molecule has 0 radical (unpaired) electrons. The highest BCUT2D eigenvalue weighted by atomic mass is 32.1. The van der Waals surface area contributed by atoms with Gasteiger partial charge in [-0.15, -0.1) is 11.3 Å². The minimum absolute atomic E-state index is 0.112. The molecule has 1 aliphatic carbocycles. The van der Waals surface area contributed by atoms with Crippen molar-refractivity contribution in [1.82, 2.24) is 5.32 Å². The van der Waals surface area contributed by atoms with Crippen LogP contribution in [0.1, 0.15) is 42.2 Å². The lowest BCUT2D eigenvalue weighted by molar-refractivity contribution is -0.127. The molecule has 2 amide bonds. The molecule has 2 aromatic carbocycles. The van der Waals surface area contributed by atoms with Gasteiger partial charge in [0.15, 0.2) is 0 Å². The summed E-state index contributed by atoms with van der Waals surface area (Å²) in [5.41, 5.74) is 1.22. The molecule has 31 heavy (non-hydrogen) atoms. The van der Waals surface area contributed by atoms with E-state index in [0.29, 0.717) is 11.3 Å². The van der Waals surface area contributed by atoms with Gasteiger partial charge >= 0.3 is 0 Å². The molecular formula is C25H25FN2O2S. The molecule has 1 aromatic heterocycles. The number of carbonyl (C=O) groups excluding carboxylic acids is 2. The summed E-state index contributed by atoms with van der Waals surface area (Å²) >= 11 is 1.51. The topological polar surface area (TPSA) is 49.4 Å². The first-order chi connectivity index (χ1) is 15.1. The van der Waals surface area contributed by atoms with Crippen molar-refractivity contribution in [3.05, 3.63) is 88.4 Å². The number of rotatable bonds is 7. The number of carbonyl (C=O) groups is 2. The van der Waals surface area contributed by atoms with Crippen LogP contribution in [0.3, 0.4) is 0 Å². The van der Waals surface area contributed by atoms with Crippen molar-refractivity contribution in [2.75, 3.05) is 4.90 Å². The maximum absolute atomic E-state index is 13.6. The summed E-state index contributed by atoms with van der Waals surface area (Å²) in [6.07, 6.45) is 4.26. The highest BCUT2D eigenvalue weighted by Crippen LogP contribution is 2.30. The van der Waals surface area contributed by atoms with E-state index < -0.39 is 6.04 Å². The number of hydrogen-bond donors (Lipinski definition) is 1. The van der Waals surface area contributed by atoms with Gasteiger partial charge in [0.25, 0.3) is 0 Å². The monoisotopic (exact) mass is 436 g/mol. The number of halogens is 1.